The number of aliphatic hydroxyl groups is 1. The first-order chi connectivity index (χ1) is 9.27. The second kappa shape index (κ2) is 5.41. The van der Waals surface area contributed by atoms with Gasteiger partial charge in [0.1, 0.15) is 0 Å². The third-order valence-electron chi connectivity index (χ3n) is 3.34. The van der Waals surface area contributed by atoms with Gasteiger partial charge in [-0.1, -0.05) is 12.1 Å². The molecule has 1 saturated heterocycles. The van der Waals surface area contributed by atoms with Crippen LogP contribution in [-0.4, -0.2) is 35.1 Å². The van der Waals surface area contributed by atoms with Crippen LogP contribution in [-0.2, 0) is 11.0 Å². The first-order valence-corrected chi connectivity index (χ1v) is 6.15. The van der Waals surface area contributed by atoms with E-state index in [0.717, 1.165) is 12.1 Å². The molecule has 110 valence electrons. The van der Waals surface area contributed by atoms with E-state index in [0.29, 0.717) is 5.56 Å². The van der Waals surface area contributed by atoms with Crippen molar-refractivity contribution in [1.82, 2.24) is 4.90 Å². The largest absolute Gasteiger partial charge is 0.416 e. The van der Waals surface area contributed by atoms with Crippen molar-refractivity contribution < 1.29 is 23.1 Å². The van der Waals surface area contributed by atoms with Crippen LogP contribution in [0.15, 0.2) is 24.3 Å². The molecule has 0 aliphatic carbocycles. The standard InChI is InChI=1S/C13H15F3N2O2/c14-13(15,16)9-3-1-2-8(4-9)11-5-10(19)6-18(11)7-12(17)20/h1-4,10-11,19H,5-7H2,(H2,17,20)/t10-,11+/m1/s1. The Labute approximate surface area is 114 Å². The fourth-order valence-corrected chi connectivity index (χ4v) is 2.52. The van der Waals surface area contributed by atoms with E-state index in [1.807, 2.05) is 0 Å². The first-order valence-electron chi connectivity index (χ1n) is 6.15. The topological polar surface area (TPSA) is 66.6 Å². The molecule has 0 bridgehead atoms. The minimum Gasteiger partial charge on any atom is -0.392 e. The number of hydrogen-bond donors (Lipinski definition) is 2. The zero-order chi connectivity index (χ0) is 14.9. The van der Waals surface area contributed by atoms with Crippen LogP contribution < -0.4 is 5.73 Å². The number of nitrogens with two attached hydrogens (primary N) is 1. The number of nitrogens with zero attached hydrogens (tertiary/aromatic N) is 1. The number of carbonyl (C=O) groups is 1. The van der Waals surface area contributed by atoms with Crippen LogP contribution in [0.25, 0.3) is 0 Å². The summed E-state index contributed by atoms with van der Waals surface area (Å²) in [6.45, 7) is 0.141. The average molecular weight is 288 g/mol. The molecular weight excluding hydrogens is 273 g/mol. The van der Waals surface area contributed by atoms with Crippen LogP contribution in [0.5, 0.6) is 0 Å². The highest BCUT2D eigenvalue weighted by Gasteiger charge is 2.35. The van der Waals surface area contributed by atoms with Crippen LogP contribution in [0.3, 0.4) is 0 Å². The Morgan fingerprint density at radius 3 is 2.75 bits per heavy atom. The molecule has 1 amide bonds. The van der Waals surface area contributed by atoms with Gasteiger partial charge in [-0.15, -0.1) is 0 Å². The van der Waals surface area contributed by atoms with E-state index in [-0.39, 0.29) is 19.5 Å². The van der Waals surface area contributed by atoms with Gasteiger partial charge in [-0.25, -0.2) is 0 Å². The molecule has 2 atom stereocenters. The second-order valence-corrected chi connectivity index (χ2v) is 4.92. The fraction of sp³-hybridized carbons (Fsp3) is 0.462. The molecule has 20 heavy (non-hydrogen) atoms. The van der Waals surface area contributed by atoms with Gasteiger partial charge in [0.2, 0.25) is 5.91 Å². The van der Waals surface area contributed by atoms with Crippen LogP contribution in [0.2, 0.25) is 0 Å². The lowest BCUT2D eigenvalue weighted by atomic mass is 10.0. The highest BCUT2D eigenvalue weighted by atomic mass is 19.4. The van der Waals surface area contributed by atoms with E-state index in [1.54, 1.807) is 11.0 Å². The summed E-state index contributed by atoms with van der Waals surface area (Å²) in [6.07, 6.45) is -4.80. The molecule has 4 nitrogen and oxygen atoms in total. The number of rotatable bonds is 3. The quantitative estimate of drug-likeness (QED) is 0.881. The van der Waals surface area contributed by atoms with Crippen molar-refractivity contribution in [3.63, 3.8) is 0 Å². The average Bonchev–Trinajstić information content (AvgIpc) is 2.68. The van der Waals surface area contributed by atoms with Crippen molar-refractivity contribution >= 4 is 5.91 Å². The van der Waals surface area contributed by atoms with E-state index in [2.05, 4.69) is 0 Å². The van der Waals surface area contributed by atoms with Crippen molar-refractivity contribution in [2.24, 2.45) is 5.73 Å². The normalized spacial score (nSPS) is 24.0. The maximum absolute atomic E-state index is 12.7. The zero-order valence-electron chi connectivity index (χ0n) is 10.6. The lowest BCUT2D eigenvalue weighted by molar-refractivity contribution is -0.137. The summed E-state index contributed by atoms with van der Waals surface area (Å²) < 4.78 is 38.1. The van der Waals surface area contributed by atoms with Crippen molar-refractivity contribution in [2.75, 3.05) is 13.1 Å². The van der Waals surface area contributed by atoms with Crippen LogP contribution >= 0.6 is 0 Å². The predicted octanol–water partition coefficient (Wildman–Crippen LogP) is 1.30. The molecule has 0 unspecified atom stereocenters. The Morgan fingerprint density at radius 1 is 1.45 bits per heavy atom. The molecule has 2 rings (SSSR count). The molecule has 1 heterocycles. The van der Waals surface area contributed by atoms with Crippen molar-refractivity contribution in [1.29, 1.82) is 0 Å². The number of amides is 1. The molecule has 1 aliphatic heterocycles. The van der Waals surface area contributed by atoms with E-state index in [1.165, 1.54) is 6.07 Å². The zero-order valence-corrected chi connectivity index (χ0v) is 10.6. The van der Waals surface area contributed by atoms with Gasteiger partial charge in [-0.2, -0.15) is 13.2 Å². The third kappa shape index (κ3) is 3.29. The van der Waals surface area contributed by atoms with Gasteiger partial charge in [0.25, 0.3) is 0 Å². The van der Waals surface area contributed by atoms with Crippen LogP contribution in [0, 0.1) is 0 Å². The molecule has 1 aromatic rings. The summed E-state index contributed by atoms with van der Waals surface area (Å²) in [4.78, 5) is 12.6. The molecule has 1 aliphatic rings. The Balaban J connectivity index is 2.27. The number of hydrogen-bond acceptors (Lipinski definition) is 3. The summed E-state index contributed by atoms with van der Waals surface area (Å²) in [6, 6.07) is 4.50. The maximum atomic E-state index is 12.7. The van der Waals surface area contributed by atoms with E-state index in [4.69, 9.17) is 5.73 Å². The van der Waals surface area contributed by atoms with Crippen molar-refractivity contribution in [2.45, 2.75) is 24.7 Å². The molecular formula is C13H15F3N2O2. The van der Waals surface area contributed by atoms with Gasteiger partial charge in [-0.3, -0.25) is 9.69 Å². The number of likely N-dealkylation sites (tertiary alicyclic amines) is 1. The molecule has 0 aromatic heterocycles. The Morgan fingerprint density at radius 2 is 2.15 bits per heavy atom. The number of β-amino-alcohol motifs (C(OH)–C–C–N with tert-alkyl or cyclic N) is 1. The molecule has 0 radical (unpaired) electrons. The number of aliphatic hydroxyl groups excluding tert-OH is 1. The summed E-state index contributed by atoms with van der Waals surface area (Å²) >= 11 is 0. The number of primary amides is 1. The van der Waals surface area contributed by atoms with Crippen molar-refractivity contribution in [3.05, 3.63) is 35.4 Å². The Kier molecular flexibility index (Phi) is 4.01. The number of carbonyl (C=O) groups excluding carboxylic acids is 1. The summed E-state index contributed by atoms with van der Waals surface area (Å²) in [5.41, 5.74) is 4.80. The number of halogens is 3. The van der Waals surface area contributed by atoms with Gasteiger partial charge in [0.05, 0.1) is 18.2 Å². The number of benzene rings is 1. The van der Waals surface area contributed by atoms with Gasteiger partial charge < -0.3 is 10.8 Å². The lowest BCUT2D eigenvalue weighted by Crippen LogP contribution is -2.34. The van der Waals surface area contributed by atoms with Crippen LogP contribution in [0.1, 0.15) is 23.6 Å². The third-order valence-corrected chi connectivity index (χ3v) is 3.34. The molecule has 1 fully saturated rings. The van der Waals surface area contributed by atoms with Crippen LogP contribution in [0.4, 0.5) is 13.2 Å². The molecule has 1 aromatic carbocycles. The lowest BCUT2D eigenvalue weighted by Gasteiger charge is -2.23. The van der Waals surface area contributed by atoms with Gasteiger partial charge in [0.15, 0.2) is 0 Å². The highest BCUT2D eigenvalue weighted by molar-refractivity contribution is 5.76. The van der Waals surface area contributed by atoms with Gasteiger partial charge in [-0.05, 0) is 24.1 Å². The fourth-order valence-electron chi connectivity index (χ4n) is 2.52. The first kappa shape index (κ1) is 14.8. The molecule has 0 saturated carbocycles. The maximum Gasteiger partial charge on any atom is 0.416 e. The molecule has 0 spiro atoms. The monoisotopic (exact) mass is 288 g/mol. The van der Waals surface area contributed by atoms with E-state index in [9.17, 15) is 23.1 Å². The minimum absolute atomic E-state index is 0.0853. The SMILES string of the molecule is NC(=O)CN1C[C@H](O)C[C@H]1c1cccc(C(F)(F)F)c1. The number of alkyl halides is 3. The summed E-state index contributed by atoms with van der Waals surface area (Å²) in [7, 11) is 0. The predicted molar refractivity (Wildman–Crippen MR) is 65.6 cm³/mol. The smallest absolute Gasteiger partial charge is 0.392 e. The van der Waals surface area contributed by atoms with Gasteiger partial charge in [0, 0.05) is 12.6 Å². The minimum atomic E-state index is -4.41. The van der Waals surface area contributed by atoms with E-state index < -0.39 is 29.8 Å². The molecule has 7 heteroatoms. The second-order valence-electron chi connectivity index (χ2n) is 4.92. The summed E-state index contributed by atoms with van der Waals surface area (Å²) in [5.74, 6) is -0.573. The van der Waals surface area contributed by atoms with E-state index >= 15 is 0 Å². The Bertz CT molecular complexity index is 505. The van der Waals surface area contributed by atoms with Gasteiger partial charge >= 0.3 is 6.18 Å². The molecule has 3 N–H and O–H groups in total. The van der Waals surface area contributed by atoms with Crippen molar-refractivity contribution in [3.8, 4) is 0 Å². The highest BCUT2D eigenvalue weighted by Crippen LogP contribution is 2.35. The Hall–Kier alpha value is -1.60. The summed E-state index contributed by atoms with van der Waals surface area (Å²) in [5, 5.41) is 9.66.